The Balaban J connectivity index is 1.20. The molecule has 0 atom stereocenters. The van der Waals surface area contributed by atoms with Crippen molar-refractivity contribution in [3.63, 3.8) is 0 Å². The summed E-state index contributed by atoms with van der Waals surface area (Å²) in [5, 5.41) is 16.0. The highest BCUT2D eigenvalue weighted by Gasteiger charge is 2.29. The molecule has 0 unspecified atom stereocenters. The number of nitrogens with zero attached hydrogens (tertiary/aromatic N) is 1. The van der Waals surface area contributed by atoms with Gasteiger partial charge in [0.1, 0.15) is 12.3 Å². The second kappa shape index (κ2) is 9.40. The van der Waals surface area contributed by atoms with Crippen LogP contribution >= 0.6 is 11.3 Å². The predicted molar refractivity (Wildman–Crippen MR) is 132 cm³/mol. The third-order valence-corrected chi connectivity index (χ3v) is 6.41. The number of hydrogen-bond donors (Lipinski definition) is 3. The fraction of sp³-hybridized carbons (Fsp3) is 0.0769. The first-order chi connectivity index (χ1) is 17.0. The van der Waals surface area contributed by atoms with Crippen molar-refractivity contribution in [1.82, 2.24) is 4.98 Å². The van der Waals surface area contributed by atoms with Crippen LogP contribution in [-0.4, -0.2) is 34.7 Å². The van der Waals surface area contributed by atoms with Crippen LogP contribution in [0.15, 0.2) is 78.2 Å². The smallest absolute Gasteiger partial charge is 0.413 e. The molecule has 0 bridgehead atoms. The maximum Gasteiger partial charge on any atom is 0.413 e. The minimum atomic E-state index is -1.09. The number of carbonyl (C=O) groups is 3. The Kier molecular flexibility index (Phi) is 5.99. The van der Waals surface area contributed by atoms with Crippen LogP contribution in [0.1, 0.15) is 37.9 Å². The predicted octanol–water partition coefficient (Wildman–Crippen LogP) is 5.45. The Morgan fingerprint density at radius 2 is 1.60 bits per heavy atom. The summed E-state index contributed by atoms with van der Waals surface area (Å²) in [6.45, 7) is 0.165. The second-order valence-electron chi connectivity index (χ2n) is 7.83. The lowest BCUT2D eigenvalue weighted by Gasteiger charge is -2.14. The Bertz CT molecular complexity index is 1400. The lowest BCUT2D eigenvalue weighted by molar-refractivity contribution is 0.0696. The van der Waals surface area contributed by atoms with Gasteiger partial charge >= 0.3 is 12.1 Å². The van der Waals surface area contributed by atoms with Gasteiger partial charge < -0.3 is 15.2 Å². The van der Waals surface area contributed by atoms with E-state index in [2.05, 4.69) is 27.8 Å². The molecule has 1 heterocycles. The molecule has 2 amide bonds. The molecule has 0 fully saturated rings. The summed E-state index contributed by atoms with van der Waals surface area (Å²) in [6.07, 6.45) is -0.665. The lowest BCUT2D eigenvalue weighted by Crippen LogP contribution is -2.18. The SMILES string of the molecule is O=C(Nc1nc(C(=O)Nc2cccc(C(=O)O)c2)cs1)OCC1c2ccccc2-c2ccccc21. The summed E-state index contributed by atoms with van der Waals surface area (Å²) >= 11 is 1.08. The van der Waals surface area contributed by atoms with Gasteiger partial charge in [-0.3, -0.25) is 10.1 Å². The molecular formula is C26H19N3O5S. The number of fused-ring (bicyclic) bond motifs is 3. The molecule has 0 aliphatic heterocycles. The Morgan fingerprint density at radius 3 is 2.29 bits per heavy atom. The van der Waals surface area contributed by atoms with E-state index in [4.69, 9.17) is 9.84 Å². The van der Waals surface area contributed by atoms with Gasteiger partial charge in [-0.15, -0.1) is 11.3 Å². The fourth-order valence-electron chi connectivity index (χ4n) is 4.08. The first kappa shape index (κ1) is 22.3. The van der Waals surface area contributed by atoms with E-state index in [0.29, 0.717) is 5.69 Å². The van der Waals surface area contributed by atoms with Crippen molar-refractivity contribution in [1.29, 1.82) is 0 Å². The quantitative estimate of drug-likeness (QED) is 0.334. The van der Waals surface area contributed by atoms with Gasteiger partial charge in [0.15, 0.2) is 5.13 Å². The number of rotatable bonds is 6. The van der Waals surface area contributed by atoms with E-state index >= 15 is 0 Å². The minimum absolute atomic E-state index is 0.0543. The van der Waals surface area contributed by atoms with Crippen LogP contribution in [0.5, 0.6) is 0 Å². The Hall–Kier alpha value is -4.50. The van der Waals surface area contributed by atoms with Crippen LogP contribution in [0.2, 0.25) is 0 Å². The van der Waals surface area contributed by atoms with Gasteiger partial charge in [0.2, 0.25) is 0 Å². The van der Waals surface area contributed by atoms with Crippen LogP contribution in [0, 0.1) is 0 Å². The molecule has 174 valence electrons. The number of nitrogens with one attached hydrogen (secondary N) is 2. The molecule has 1 aliphatic rings. The summed E-state index contributed by atoms with van der Waals surface area (Å²) in [4.78, 5) is 40.1. The molecule has 3 aromatic carbocycles. The van der Waals surface area contributed by atoms with Crippen molar-refractivity contribution in [2.45, 2.75) is 5.92 Å². The largest absolute Gasteiger partial charge is 0.478 e. The van der Waals surface area contributed by atoms with E-state index in [-0.39, 0.29) is 28.9 Å². The van der Waals surface area contributed by atoms with Crippen molar-refractivity contribution in [3.05, 3.63) is 101 Å². The number of thiazole rings is 1. The molecule has 1 aliphatic carbocycles. The summed E-state index contributed by atoms with van der Waals surface area (Å²) in [5.74, 6) is -1.68. The zero-order valence-electron chi connectivity index (χ0n) is 18.2. The number of carboxylic acids is 1. The van der Waals surface area contributed by atoms with Gasteiger partial charge in [-0.1, -0.05) is 54.6 Å². The standard InChI is InChI=1S/C26H19N3O5S/c30-23(27-16-7-5-6-15(12-16)24(31)32)22-14-35-25(28-22)29-26(33)34-13-21-19-10-3-1-8-17(19)18-9-2-4-11-20(18)21/h1-12,14,21H,13H2,(H,27,30)(H,31,32)(H,28,29,33). The molecule has 0 saturated carbocycles. The molecule has 0 spiro atoms. The number of benzene rings is 3. The van der Waals surface area contributed by atoms with Gasteiger partial charge in [-0.25, -0.2) is 14.6 Å². The zero-order chi connectivity index (χ0) is 24.4. The van der Waals surface area contributed by atoms with E-state index in [1.54, 1.807) is 6.07 Å². The van der Waals surface area contributed by atoms with Crippen molar-refractivity contribution in [3.8, 4) is 11.1 Å². The zero-order valence-corrected chi connectivity index (χ0v) is 19.0. The summed E-state index contributed by atoms with van der Waals surface area (Å²) in [6, 6.07) is 22.0. The average molecular weight is 486 g/mol. The number of hydrogen-bond acceptors (Lipinski definition) is 6. The van der Waals surface area contributed by atoms with Gasteiger partial charge in [-0.2, -0.15) is 0 Å². The molecule has 0 saturated heterocycles. The van der Waals surface area contributed by atoms with Gasteiger partial charge in [-0.05, 0) is 40.5 Å². The number of amides is 2. The highest BCUT2D eigenvalue weighted by molar-refractivity contribution is 7.14. The highest BCUT2D eigenvalue weighted by Crippen LogP contribution is 2.44. The number of anilines is 2. The highest BCUT2D eigenvalue weighted by atomic mass is 32.1. The number of aromatic carboxylic acids is 1. The van der Waals surface area contributed by atoms with Crippen molar-refractivity contribution in [2.75, 3.05) is 17.2 Å². The van der Waals surface area contributed by atoms with Gasteiger partial charge in [0.05, 0.1) is 5.56 Å². The lowest BCUT2D eigenvalue weighted by atomic mass is 9.98. The normalized spacial score (nSPS) is 11.9. The third-order valence-electron chi connectivity index (χ3n) is 5.66. The Morgan fingerprint density at radius 1 is 0.914 bits per heavy atom. The maximum absolute atomic E-state index is 12.5. The molecule has 5 rings (SSSR count). The number of carboxylic acid groups (broad SMARTS) is 1. The van der Waals surface area contributed by atoms with Crippen LogP contribution in [0.4, 0.5) is 15.6 Å². The number of aromatic nitrogens is 1. The first-order valence-corrected chi connectivity index (χ1v) is 11.6. The minimum Gasteiger partial charge on any atom is -0.478 e. The van der Waals surface area contributed by atoms with Gasteiger partial charge in [0.25, 0.3) is 5.91 Å². The first-order valence-electron chi connectivity index (χ1n) is 10.7. The monoisotopic (exact) mass is 485 g/mol. The second-order valence-corrected chi connectivity index (χ2v) is 8.69. The molecule has 9 heteroatoms. The molecule has 8 nitrogen and oxygen atoms in total. The topological polar surface area (TPSA) is 118 Å². The van der Waals surface area contributed by atoms with E-state index < -0.39 is 18.0 Å². The summed E-state index contributed by atoms with van der Waals surface area (Å²) in [5.41, 5.74) is 4.98. The Labute approximate surface area is 204 Å². The number of ether oxygens (including phenoxy) is 1. The van der Waals surface area contributed by atoms with Crippen LogP contribution in [-0.2, 0) is 4.74 Å². The molecule has 3 N–H and O–H groups in total. The van der Waals surface area contributed by atoms with Crippen LogP contribution in [0.25, 0.3) is 11.1 Å². The van der Waals surface area contributed by atoms with Gasteiger partial charge in [0, 0.05) is 17.0 Å². The average Bonchev–Trinajstić information content (AvgIpc) is 3.46. The summed E-state index contributed by atoms with van der Waals surface area (Å²) < 4.78 is 5.51. The van der Waals surface area contributed by atoms with E-state index in [0.717, 1.165) is 33.6 Å². The molecular weight excluding hydrogens is 466 g/mol. The summed E-state index contributed by atoms with van der Waals surface area (Å²) in [7, 11) is 0. The van der Waals surface area contributed by atoms with E-state index in [9.17, 15) is 14.4 Å². The molecule has 0 radical (unpaired) electrons. The molecule has 4 aromatic rings. The fourth-order valence-corrected chi connectivity index (χ4v) is 4.76. The van der Waals surface area contributed by atoms with E-state index in [1.165, 1.54) is 23.6 Å². The maximum atomic E-state index is 12.5. The van der Waals surface area contributed by atoms with E-state index in [1.807, 2.05) is 36.4 Å². The molecule has 1 aromatic heterocycles. The van der Waals surface area contributed by atoms with Crippen molar-refractivity contribution < 1.29 is 24.2 Å². The molecule has 35 heavy (non-hydrogen) atoms. The van der Waals surface area contributed by atoms with Crippen molar-refractivity contribution >= 4 is 40.1 Å². The van der Waals surface area contributed by atoms with Crippen LogP contribution in [0.3, 0.4) is 0 Å². The third kappa shape index (κ3) is 4.62. The van der Waals surface area contributed by atoms with Crippen LogP contribution < -0.4 is 10.6 Å². The number of carbonyl (C=O) groups excluding carboxylic acids is 2. The van der Waals surface area contributed by atoms with Crippen molar-refractivity contribution in [2.24, 2.45) is 0 Å².